The number of thiol groups is 1. The number of ether oxygens (including phenoxy) is 1. The third-order valence-corrected chi connectivity index (χ3v) is 1.86. The average Bonchev–Trinajstić information content (AvgIpc) is 2.02. The molecule has 0 amide bonds. The van der Waals surface area contributed by atoms with E-state index in [1.165, 1.54) is 19.2 Å². The molecule has 0 N–H and O–H groups in total. The van der Waals surface area contributed by atoms with Gasteiger partial charge >= 0.3 is 6.18 Å². The molecule has 0 aliphatic heterocycles. The molecule has 1 nitrogen and oxygen atoms in total. The zero-order valence-corrected chi connectivity index (χ0v) is 7.62. The van der Waals surface area contributed by atoms with E-state index in [1.807, 2.05) is 0 Å². The van der Waals surface area contributed by atoms with Gasteiger partial charge in [-0.3, -0.25) is 0 Å². The first-order valence-corrected chi connectivity index (χ1v) is 3.84. The maximum absolute atomic E-state index is 12.3. The lowest BCUT2D eigenvalue weighted by atomic mass is 10.2. The first-order valence-electron chi connectivity index (χ1n) is 3.40. The highest BCUT2D eigenvalue weighted by molar-refractivity contribution is 7.80. The van der Waals surface area contributed by atoms with Crippen LogP contribution in [-0.2, 0) is 6.18 Å². The predicted octanol–water partition coefficient (Wildman–Crippen LogP) is 3.00. The van der Waals surface area contributed by atoms with E-state index in [-0.39, 0.29) is 10.6 Å². The summed E-state index contributed by atoms with van der Waals surface area (Å²) >= 11 is 3.85. The monoisotopic (exact) mass is 208 g/mol. The van der Waals surface area contributed by atoms with Crippen molar-refractivity contribution in [2.45, 2.75) is 11.1 Å². The molecular formula is C8H7F3OS. The fourth-order valence-electron chi connectivity index (χ4n) is 0.963. The Kier molecular flexibility index (Phi) is 2.75. The molecule has 0 unspecified atom stereocenters. The van der Waals surface area contributed by atoms with Gasteiger partial charge in [-0.1, -0.05) is 6.07 Å². The zero-order chi connectivity index (χ0) is 10.1. The topological polar surface area (TPSA) is 9.23 Å². The number of alkyl halides is 3. The average molecular weight is 208 g/mol. The number of benzene rings is 1. The maximum Gasteiger partial charge on any atom is 0.420 e. The van der Waals surface area contributed by atoms with Crippen molar-refractivity contribution in [3.05, 3.63) is 23.8 Å². The zero-order valence-electron chi connectivity index (χ0n) is 6.72. The van der Waals surface area contributed by atoms with Gasteiger partial charge in [0.2, 0.25) is 0 Å². The predicted molar refractivity (Wildman–Crippen MR) is 45.2 cm³/mol. The van der Waals surface area contributed by atoms with Crippen LogP contribution in [0.25, 0.3) is 0 Å². The van der Waals surface area contributed by atoms with Gasteiger partial charge in [0, 0.05) is 4.90 Å². The molecule has 5 heteroatoms. The second-order valence-electron chi connectivity index (χ2n) is 2.36. The molecule has 0 bridgehead atoms. The van der Waals surface area contributed by atoms with Crippen molar-refractivity contribution in [2.75, 3.05) is 7.11 Å². The van der Waals surface area contributed by atoms with Gasteiger partial charge in [0.05, 0.1) is 12.7 Å². The third-order valence-electron chi connectivity index (χ3n) is 1.50. The maximum atomic E-state index is 12.3. The van der Waals surface area contributed by atoms with Crippen LogP contribution in [0.5, 0.6) is 5.75 Å². The van der Waals surface area contributed by atoms with Crippen molar-refractivity contribution in [1.29, 1.82) is 0 Å². The number of hydrogen-bond donors (Lipinski definition) is 1. The van der Waals surface area contributed by atoms with Gasteiger partial charge in [0.15, 0.2) is 0 Å². The molecule has 0 heterocycles. The molecule has 1 aromatic carbocycles. The summed E-state index contributed by atoms with van der Waals surface area (Å²) in [6.45, 7) is 0. The van der Waals surface area contributed by atoms with Crippen LogP contribution in [0.1, 0.15) is 5.56 Å². The third kappa shape index (κ3) is 2.09. The fourth-order valence-corrected chi connectivity index (χ4v) is 1.26. The first-order chi connectivity index (χ1) is 5.96. The molecule has 72 valence electrons. The number of rotatable bonds is 1. The van der Waals surface area contributed by atoms with Crippen molar-refractivity contribution in [2.24, 2.45) is 0 Å². The van der Waals surface area contributed by atoms with Gasteiger partial charge in [0.1, 0.15) is 5.75 Å². The van der Waals surface area contributed by atoms with Crippen LogP contribution in [0, 0.1) is 0 Å². The number of para-hydroxylation sites is 1. The van der Waals surface area contributed by atoms with Crippen molar-refractivity contribution in [1.82, 2.24) is 0 Å². The lowest BCUT2D eigenvalue weighted by Crippen LogP contribution is -2.07. The smallest absolute Gasteiger partial charge is 0.420 e. The minimum Gasteiger partial charge on any atom is -0.495 e. The lowest BCUT2D eigenvalue weighted by molar-refractivity contribution is -0.138. The van der Waals surface area contributed by atoms with Crippen LogP contribution in [0.15, 0.2) is 23.1 Å². The van der Waals surface area contributed by atoms with Crippen LogP contribution in [-0.4, -0.2) is 7.11 Å². The summed E-state index contributed by atoms with van der Waals surface area (Å²) in [6, 6.07) is 3.68. The molecule has 0 aromatic heterocycles. The highest BCUT2D eigenvalue weighted by Crippen LogP contribution is 2.38. The van der Waals surface area contributed by atoms with Crippen LogP contribution in [0.3, 0.4) is 0 Å². The Labute approximate surface area is 78.9 Å². The van der Waals surface area contributed by atoms with Crippen LogP contribution >= 0.6 is 12.6 Å². The molecule has 13 heavy (non-hydrogen) atoms. The van der Waals surface area contributed by atoms with Crippen molar-refractivity contribution in [3.8, 4) is 5.75 Å². The van der Waals surface area contributed by atoms with E-state index in [1.54, 1.807) is 0 Å². The van der Waals surface area contributed by atoms with E-state index in [0.717, 1.165) is 6.07 Å². The van der Waals surface area contributed by atoms with E-state index in [2.05, 4.69) is 17.4 Å². The number of hydrogen-bond acceptors (Lipinski definition) is 2. The Bertz CT molecular complexity index is 309. The van der Waals surface area contributed by atoms with Crippen LogP contribution in [0.4, 0.5) is 13.2 Å². The molecule has 0 spiro atoms. The van der Waals surface area contributed by atoms with Gasteiger partial charge in [0.25, 0.3) is 0 Å². The minimum atomic E-state index is -4.40. The van der Waals surface area contributed by atoms with Gasteiger partial charge in [-0.05, 0) is 12.1 Å². The van der Waals surface area contributed by atoms with Gasteiger partial charge in [-0.15, -0.1) is 12.6 Å². The highest BCUT2D eigenvalue weighted by Gasteiger charge is 2.34. The molecule has 0 aliphatic carbocycles. The summed E-state index contributed by atoms with van der Waals surface area (Å²) in [5.41, 5.74) is -0.803. The van der Waals surface area contributed by atoms with E-state index < -0.39 is 11.7 Å². The van der Waals surface area contributed by atoms with Gasteiger partial charge in [-0.2, -0.15) is 13.2 Å². The second kappa shape index (κ2) is 3.49. The van der Waals surface area contributed by atoms with E-state index >= 15 is 0 Å². The van der Waals surface area contributed by atoms with E-state index in [0.29, 0.717) is 0 Å². The molecule has 0 radical (unpaired) electrons. The normalized spacial score (nSPS) is 11.5. The Hall–Kier alpha value is -0.840. The molecule has 0 fully saturated rings. The van der Waals surface area contributed by atoms with Crippen molar-refractivity contribution < 1.29 is 17.9 Å². The number of halogens is 3. The van der Waals surface area contributed by atoms with Crippen LogP contribution in [0.2, 0.25) is 0 Å². The van der Waals surface area contributed by atoms with Crippen molar-refractivity contribution in [3.63, 3.8) is 0 Å². The fraction of sp³-hybridized carbons (Fsp3) is 0.250. The Morgan fingerprint density at radius 2 is 1.92 bits per heavy atom. The first kappa shape index (κ1) is 10.2. The van der Waals surface area contributed by atoms with E-state index in [9.17, 15) is 13.2 Å². The lowest BCUT2D eigenvalue weighted by Gasteiger charge is -2.12. The molecular weight excluding hydrogens is 201 g/mol. The quantitative estimate of drug-likeness (QED) is 0.698. The molecule has 0 saturated heterocycles. The number of methoxy groups -OCH3 is 1. The van der Waals surface area contributed by atoms with E-state index in [4.69, 9.17) is 0 Å². The highest BCUT2D eigenvalue weighted by atomic mass is 32.1. The summed E-state index contributed by atoms with van der Waals surface area (Å²) in [7, 11) is 1.18. The minimum absolute atomic E-state index is 0.178. The summed E-state index contributed by atoms with van der Waals surface area (Å²) in [5.74, 6) is -0.238. The second-order valence-corrected chi connectivity index (χ2v) is 2.84. The Morgan fingerprint density at radius 3 is 2.31 bits per heavy atom. The molecule has 1 rings (SSSR count). The molecule has 0 saturated carbocycles. The summed E-state index contributed by atoms with van der Waals surface area (Å²) in [6.07, 6.45) is -4.40. The molecule has 0 aliphatic rings. The molecule has 1 aromatic rings. The van der Waals surface area contributed by atoms with Crippen molar-refractivity contribution >= 4 is 12.6 Å². The molecule has 0 atom stereocenters. The van der Waals surface area contributed by atoms with Crippen LogP contribution < -0.4 is 4.74 Å². The standard InChI is InChI=1S/C8H7F3OS/c1-12-7-5(8(9,10)11)3-2-4-6(7)13/h2-4,13H,1H3. The van der Waals surface area contributed by atoms with Gasteiger partial charge < -0.3 is 4.74 Å². The Morgan fingerprint density at radius 1 is 1.31 bits per heavy atom. The summed E-state index contributed by atoms with van der Waals surface area (Å²) in [4.78, 5) is 0.178. The summed E-state index contributed by atoms with van der Waals surface area (Å²) in [5, 5.41) is 0. The Balaban J connectivity index is 3.29. The SMILES string of the molecule is COc1c(S)cccc1C(F)(F)F. The largest absolute Gasteiger partial charge is 0.495 e. The summed E-state index contributed by atoms with van der Waals surface area (Å²) < 4.78 is 41.5. The van der Waals surface area contributed by atoms with Gasteiger partial charge in [-0.25, -0.2) is 0 Å².